The molecule has 0 amide bonds. The molecule has 0 aliphatic rings. The van der Waals surface area contributed by atoms with Crippen LogP contribution in [0.25, 0.3) is 0 Å². The Morgan fingerprint density at radius 3 is 2.56 bits per heavy atom. The van der Waals surface area contributed by atoms with E-state index < -0.39 is 6.10 Å². The summed E-state index contributed by atoms with van der Waals surface area (Å²) in [6.45, 7) is 2.77. The zero-order valence-electron chi connectivity index (χ0n) is 10.1. The van der Waals surface area contributed by atoms with Crippen molar-refractivity contribution < 1.29 is 14.3 Å². The van der Waals surface area contributed by atoms with Gasteiger partial charge < -0.3 is 14.3 Å². The van der Waals surface area contributed by atoms with E-state index in [4.69, 9.17) is 9.15 Å². The smallest absolute Gasteiger partial charge is 0.175 e. The van der Waals surface area contributed by atoms with Crippen LogP contribution in [0.3, 0.4) is 0 Å². The second-order valence-corrected chi connectivity index (χ2v) is 4.69. The molecule has 0 bridgehead atoms. The quantitative estimate of drug-likeness (QED) is 0.910. The van der Waals surface area contributed by atoms with E-state index in [0.717, 1.165) is 23.3 Å². The van der Waals surface area contributed by atoms with Gasteiger partial charge in [-0.25, -0.2) is 0 Å². The van der Waals surface area contributed by atoms with E-state index in [-0.39, 0.29) is 0 Å². The third-order valence-electron chi connectivity index (χ3n) is 2.61. The first kappa shape index (κ1) is 13.2. The number of aliphatic hydroxyl groups excluding tert-OH is 1. The summed E-state index contributed by atoms with van der Waals surface area (Å²) < 4.78 is 11.2. The minimum atomic E-state index is -0.696. The molecule has 1 aromatic carbocycles. The van der Waals surface area contributed by atoms with Gasteiger partial charge in [0.2, 0.25) is 0 Å². The van der Waals surface area contributed by atoms with E-state index in [9.17, 15) is 5.11 Å². The largest absolute Gasteiger partial charge is 0.494 e. The highest BCUT2D eigenvalue weighted by atomic mass is 79.9. The van der Waals surface area contributed by atoms with Crippen molar-refractivity contribution in [2.24, 2.45) is 0 Å². The van der Waals surface area contributed by atoms with Crippen LogP contribution in [0.2, 0.25) is 0 Å². The van der Waals surface area contributed by atoms with Crippen LogP contribution in [0.4, 0.5) is 0 Å². The average Bonchev–Trinajstić information content (AvgIpc) is 2.82. The molecule has 1 atom stereocenters. The van der Waals surface area contributed by atoms with Crippen LogP contribution in [-0.4, -0.2) is 11.7 Å². The van der Waals surface area contributed by atoms with Gasteiger partial charge in [-0.3, -0.25) is 0 Å². The van der Waals surface area contributed by atoms with Gasteiger partial charge in [-0.05, 0) is 46.1 Å². The van der Waals surface area contributed by atoms with E-state index >= 15 is 0 Å². The lowest BCUT2D eigenvalue weighted by molar-refractivity contribution is 0.217. The Hall–Kier alpha value is -1.26. The zero-order valence-corrected chi connectivity index (χ0v) is 11.7. The monoisotopic (exact) mass is 310 g/mol. The summed E-state index contributed by atoms with van der Waals surface area (Å²) in [5.41, 5.74) is 1.53. The lowest BCUT2D eigenvalue weighted by Crippen LogP contribution is -1.99. The Labute approximate surface area is 115 Å². The number of rotatable bonds is 5. The fraction of sp³-hybridized carbons (Fsp3) is 0.286. The van der Waals surface area contributed by atoms with Crippen LogP contribution in [0.1, 0.15) is 30.6 Å². The highest BCUT2D eigenvalue weighted by Crippen LogP contribution is 2.30. The molecule has 1 heterocycles. The summed E-state index contributed by atoms with van der Waals surface area (Å²) in [6.07, 6.45) is 1.83. The zero-order chi connectivity index (χ0) is 13.0. The van der Waals surface area contributed by atoms with Crippen LogP contribution in [0.5, 0.6) is 5.75 Å². The maximum absolute atomic E-state index is 10.2. The van der Waals surface area contributed by atoms with Crippen molar-refractivity contribution in [3.63, 3.8) is 0 Å². The van der Waals surface area contributed by atoms with Crippen molar-refractivity contribution >= 4 is 15.9 Å². The molecular formula is C14H15BrO3. The van der Waals surface area contributed by atoms with Gasteiger partial charge in [0.05, 0.1) is 12.9 Å². The Balaban J connectivity index is 2.12. The molecule has 0 saturated heterocycles. The van der Waals surface area contributed by atoms with E-state index in [2.05, 4.69) is 22.9 Å². The average molecular weight is 311 g/mol. The summed E-state index contributed by atoms with van der Waals surface area (Å²) in [6, 6.07) is 9.19. The standard InChI is InChI=1S/C14H15BrO3/c1-2-8-17-11-5-3-10(4-6-11)13(16)12-7-9-18-14(12)15/h3-7,9,13,16H,2,8H2,1H3. The van der Waals surface area contributed by atoms with E-state index in [1.165, 1.54) is 0 Å². The van der Waals surface area contributed by atoms with Crippen molar-refractivity contribution in [3.8, 4) is 5.75 Å². The van der Waals surface area contributed by atoms with Gasteiger partial charge in [-0.1, -0.05) is 19.1 Å². The molecule has 0 spiro atoms. The van der Waals surface area contributed by atoms with Crippen LogP contribution < -0.4 is 4.74 Å². The lowest BCUT2D eigenvalue weighted by atomic mass is 10.0. The molecule has 0 saturated carbocycles. The van der Waals surface area contributed by atoms with Gasteiger partial charge in [0, 0.05) is 5.56 Å². The predicted molar refractivity (Wildman–Crippen MR) is 72.7 cm³/mol. The van der Waals surface area contributed by atoms with Gasteiger partial charge >= 0.3 is 0 Å². The SMILES string of the molecule is CCCOc1ccc(C(O)c2ccoc2Br)cc1. The van der Waals surface area contributed by atoms with E-state index in [1.54, 1.807) is 12.3 Å². The minimum absolute atomic E-state index is 0.557. The highest BCUT2D eigenvalue weighted by molar-refractivity contribution is 9.10. The molecule has 0 aliphatic heterocycles. The highest BCUT2D eigenvalue weighted by Gasteiger charge is 2.15. The normalized spacial score (nSPS) is 12.4. The van der Waals surface area contributed by atoms with Crippen molar-refractivity contribution in [1.29, 1.82) is 0 Å². The molecule has 4 heteroatoms. The molecule has 1 aromatic heterocycles. The van der Waals surface area contributed by atoms with Gasteiger partial charge in [0.1, 0.15) is 11.9 Å². The van der Waals surface area contributed by atoms with Gasteiger partial charge in [0.15, 0.2) is 4.67 Å². The fourth-order valence-corrected chi connectivity index (χ4v) is 2.10. The summed E-state index contributed by atoms with van der Waals surface area (Å²) in [7, 11) is 0. The summed E-state index contributed by atoms with van der Waals surface area (Å²) in [5.74, 6) is 0.819. The Morgan fingerprint density at radius 2 is 2.00 bits per heavy atom. The number of benzene rings is 1. The number of ether oxygens (including phenoxy) is 1. The van der Waals surface area contributed by atoms with Gasteiger partial charge in [-0.15, -0.1) is 0 Å². The number of hydrogen-bond acceptors (Lipinski definition) is 3. The van der Waals surface area contributed by atoms with Crippen LogP contribution in [-0.2, 0) is 0 Å². The van der Waals surface area contributed by atoms with Crippen molar-refractivity contribution in [3.05, 3.63) is 52.4 Å². The molecule has 2 rings (SSSR count). The van der Waals surface area contributed by atoms with Crippen molar-refractivity contribution in [2.45, 2.75) is 19.4 Å². The van der Waals surface area contributed by atoms with E-state index in [0.29, 0.717) is 11.3 Å². The molecule has 0 fully saturated rings. The topological polar surface area (TPSA) is 42.6 Å². The summed E-state index contributed by atoms with van der Waals surface area (Å²) in [4.78, 5) is 0. The Kier molecular flexibility index (Phi) is 4.44. The maximum atomic E-state index is 10.2. The molecule has 1 unspecified atom stereocenters. The molecular weight excluding hydrogens is 296 g/mol. The van der Waals surface area contributed by atoms with Crippen LogP contribution >= 0.6 is 15.9 Å². The third kappa shape index (κ3) is 2.94. The third-order valence-corrected chi connectivity index (χ3v) is 3.25. The van der Waals surface area contributed by atoms with Gasteiger partial charge in [0.25, 0.3) is 0 Å². The molecule has 0 aliphatic carbocycles. The second kappa shape index (κ2) is 6.07. The molecule has 96 valence electrons. The summed E-state index contributed by atoms with van der Waals surface area (Å²) >= 11 is 3.26. The summed E-state index contributed by atoms with van der Waals surface area (Å²) in [5, 5.41) is 10.2. The van der Waals surface area contributed by atoms with Gasteiger partial charge in [-0.2, -0.15) is 0 Å². The molecule has 0 radical (unpaired) electrons. The molecule has 2 aromatic rings. The lowest BCUT2D eigenvalue weighted by Gasteiger charge is -2.11. The number of aliphatic hydroxyl groups is 1. The van der Waals surface area contributed by atoms with Crippen LogP contribution in [0, 0.1) is 0 Å². The molecule has 1 N–H and O–H groups in total. The van der Waals surface area contributed by atoms with Crippen molar-refractivity contribution in [1.82, 2.24) is 0 Å². The fourth-order valence-electron chi connectivity index (χ4n) is 1.65. The Morgan fingerprint density at radius 1 is 1.28 bits per heavy atom. The number of hydrogen-bond donors (Lipinski definition) is 1. The van der Waals surface area contributed by atoms with E-state index in [1.807, 2.05) is 24.3 Å². The number of furan rings is 1. The number of halogens is 1. The Bertz CT molecular complexity index is 490. The minimum Gasteiger partial charge on any atom is -0.494 e. The molecule has 18 heavy (non-hydrogen) atoms. The van der Waals surface area contributed by atoms with Crippen LogP contribution in [0.15, 0.2) is 45.7 Å². The first-order valence-corrected chi connectivity index (χ1v) is 6.65. The molecule has 3 nitrogen and oxygen atoms in total. The first-order valence-electron chi connectivity index (χ1n) is 5.86. The first-order chi connectivity index (χ1) is 8.72. The van der Waals surface area contributed by atoms with Crippen molar-refractivity contribution in [2.75, 3.05) is 6.61 Å². The predicted octanol–water partition coefficient (Wildman–Crippen LogP) is 3.91. The maximum Gasteiger partial charge on any atom is 0.175 e. The second-order valence-electron chi connectivity index (χ2n) is 3.97.